The molecule has 0 spiro atoms. The molecular weight excluding hydrogens is 381 g/mol. The number of pyridine rings is 1. The molecule has 2 N–H and O–H groups in total. The minimum atomic E-state index is -4.48. The molecule has 3 rings (SSSR count). The van der Waals surface area contributed by atoms with E-state index in [2.05, 4.69) is 10.3 Å². The fourth-order valence-electron chi connectivity index (χ4n) is 2.81. The van der Waals surface area contributed by atoms with Gasteiger partial charge < -0.3 is 10.3 Å². The summed E-state index contributed by atoms with van der Waals surface area (Å²) in [5, 5.41) is 3.43. The highest BCUT2D eigenvalue weighted by atomic mass is 35.5. The monoisotopic (exact) mass is 394 g/mol. The van der Waals surface area contributed by atoms with Gasteiger partial charge in [0, 0.05) is 22.0 Å². The number of fused-ring (bicyclic) bond motifs is 1. The van der Waals surface area contributed by atoms with E-state index in [9.17, 15) is 22.8 Å². The van der Waals surface area contributed by atoms with Crippen molar-refractivity contribution in [3.05, 3.63) is 81.2 Å². The van der Waals surface area contributed by atoms with Crippen molar-refractivity contribution in [2.24, 2.45) is 0 Å². The molecule has 0 aliphatic heterocycles. The maximum Gasteiger partial charge on any atom is 0.391 e. The number of aromatic nitrogens is 1. The third kappa shape index (κ3) is 4.49. The number of halogens is 4. The molecule has 3 aromatic rings. The Kier molecular flexibility index (Phi) is 5.23. The van der Waals surface area contributed by atoms with Crippen LogP contribution in [-0.2, 0) is 0 Å². The van der Waals surface area contributed by atoms with Crippen LogP contribution in [0.25, 0.3) is 10.8 Å². The van der Waals surface area contributed by atoms with E-state index >= 15 is 0 Å². The van der Waals surface area contributed by atoms with E-state index in [-0.39, 0.29) is 22.1 Å². The largest absolute Gasteiger partial charge is 0.391 e. The molecule has 0 aliphatic carbocycles. The van der Waals surface area contributed by atoms with Gasteiger partial charge in [-0.3, -0.25) is 9.59 Å². The Morgan fingerprint density at radius 3 is 2.33 bits per heavy atom. The predicted octanol–water partition coefficient (Wildman–Crippen LogP) is 4.61. The Morgan fingerprint density at radius 2 is 1.70 bits per heavy atom. The second kappa shape index (κ2) is 7.44. The Labute approximate surface area is 157 Å². The average molecular weight is 395 g/mol. The second-order valence-electron chi connectivity index (χ2n) is 5.97. The lowest BCUT2D eigenvalue weighted by atomic mass is 10.0. The molecule has 27 heavy (non-hydrogen) atoms. The molecule has 0 aliphatic rings. The molecule has 0 fully saturated rings. The highest BCUT2D eigenvalue weighted by Crippen LogP contribution is 2.30. The van der Waals surface area contributed by atoms with Crippen LogP contribution in [0.4, 0.5) is 13.2 Å². The number of carbonyl (C=O) groups is 1. The predicted molar refractivity (Wildman–Crippen MR) is 96.9 cm³/mol. The molecular formula is C19H14ClF3N2O2. The van der Waals surface area contributed by atoms with Crippen LogP contribution in [0.1, 0.15) is 28.4 Å². The van der Waals surface area contributed by atoms with Gasteiger partial charge in [0.25, 0.3) is 11.5 Å². The van der Waals surface area contributed by atoms with Gasteiger partial charge in [-0.15, -0.1) is 0 Å². The van der Waals surface area contributed by atoms with E-state index in [4.69, 9.17) is 11.6 Å². The molecule has 1 amide bonds. The van der Waals surface area contributed by atoms with E-state index in [1.807, 2.05) is 0 Å². The summed E-state index contributed by atoms with van der Waals surface area (Å²) in [6.07, 6.45) is -4.52. The van der Waals surface area contributed by atoms with Crippen LogP contribution in [0.3, 0.4) is 0 Å². The summed E-state index contributed by atoms with van der Waals surface area (Å²) in [7, 11) is 0. The summed E-state index contributed by atoms with van der Waals surface area (Å²) >= 11 is 5.79. The van der Waals surface area contributed by atoms with Gasteiger partial charge in [0.2, 0.25) is 0 Å². The molecule has 0 bridgehead atoms. The molecule has 8 heteroatoms. The number of alkyl halides is 3. The summed E-state index contributed by atoms with van der Waals surface area (Å²) in [5.41, 5.74) is -0.0168. The highest BCUT2D eigenvalue weighted by molar-refractivity contribution is 6.30. The fourth-order valence-corrected chi connectivity index (χ4v) is 2.94. The van der Waals surface area contributed by atoms with Gasteiger partial charge >= 0.3 is 6.18 Å². The van der Waals surface area contributed by atoms with Gasteiger partial charge in [0.15, 0.2) is 0 Å². The molecule has 1 aromatic heterocycles. The summed E-state index contributed by atoms with van der Waals surface area (Å²) in [5.74, 6) is -0.716. The maximum atomic E-state index is 13.0. The summed E-state index contributed by atoms with van der Waals surface area (Å²) in [4.78, 5) is 27.0. The number of hydrogen-bond donors (Lipinski definition) is 2. The SMILES string of the molecule is O=C(N[C@H](CC(F)(F)F)c1ccc(Cl)cc1)c1c[nH]c(=O)c2ccccc12. The number of H-pyrrole nitrogens is 1. The number of benzene rings is 2. The molecule has 0 saturated carbocycles. The first-order chi connectivity index (χ1) is 12.7. The van der Waals surface area contributed by atoms with Crippen molar-refractivity contribution in [2.75, 3.05) is 0 Å². The summed E-state index contributed by atoms with van der Waals surface area (Å²) in [6.45, 7) is 0. The van der Waals surface area contributed by atoms with Crippen LogP contribution in [-0.4, -0.2) is 17.1 Å². The van der Waals surface area contributed by atoms with Gasteiger partial charge in [-0.1, -0.05) is 41.9 Å². The maximum absolute atomic E-state index is 13.0. The van der Waals surface area contributed by atoms with Crippen molar-refractivity contribution in [1.29, 1.82) is 0 Å². The van der Waals surface area contributed by atoms with Crippen LogP contribution < -0.4 is 10.9 Å². The van der Waals surface area contributed by atoms with E-state index in [0.717, 1.165) is 0 Å². The van der Waals surface area contributed by atoms with Gasteiger partial charge in [-0.05, 0) is 23.8 Å². The molecule has 4 nitrogen and oxygen atoms in total. The standard InChI is InChI=1S/C19H14ClF3N2O2/c20-12-7-5-11(6-8-12)16(9-19(21,22)23)25-18(27)15-10-24-17(26)14-4-2-1-3-13(14)15/h1-8,10,16H,9H2,(H,24,26)(H,25,27)/t16-/m1/s1. The first kappa shape index (κ1) is 19.0. The number of amides is 1. The molecule has 2 aromatic carbocycles. The van der Waals surface area contributed by atoms with E-state index in [0.29, 0.717) is 10.4 Å². The molecule has 1 atom stereocenters. The van der Waals surface area contributed by atoms with E-state index in [1.54, 1.807) is 18.2 Å². The number of carbonyl (C=O) groups excluding carboxylic acids is 1. The molecule has 0 saturated heterocycles. The lowest BCUT2D eigenvalue weighted by molar-refractivity contribution is -0.139. The number of rotatable bonds is 4. The smallest absolute Gasteiger partial charge is 0.345 e. The van der Waals surface area contributed by atoms with Crippen molar-refractivity contribution in [3.8, 4) is 0 Å². The van der Waals surface area contributed by atoms with Crippen molar-refractivity contribution >= 4 is 28.3 Å². The van der Waals surface area contributed by atoms with Crippen LogP contribution >= 0.6 is 11.6 Å². The molecule has 140 valence electrons. The number of aromatic amines is 1. The Morgan fingerprint density at radius 1 is 1.07 bits per heavy atom. The second-order valence-corrected chi connectivity index (χ2v) is 6.41. The van der Waals surface area contributed by atoms with Gasteiger partial charge in [0.1, 0.15) is 0 Å². The highest BCUT2D eigenvalue weighted by Gasteiger charge is 2.33. The van der Waals surface area contributed by atoms with Crippen molar-refractivity contribution in [3.63, 3.8) is 0 Å². The molecule has 1 heterocycles. The quantitative estimate of drug-likeness (QED) is 0.679. The topological polar surface area (TPSA) is 62.0 Å². The lowest BCUT2D eigenvalue weighted by Crippen LogP contribution is -2.32. The van der Waals surface area contributed by atoms with Crippen molar-refractivity contribution in [1.82, 2.24) is 10.3 Å². The average Bonchev–Trinajstić information content (AvgIpc) is 2.61. The van der Waals surface area contributed by atoms with Crippen LogP contribution in [0.15, 0.2) is 59.5 Å². The van der Waals surface area contributed by atoms with Crippen LogP contribution in [0.5, 0.6) is 0 Å². The number of hydrogen-bond acceptors (Lipinski definition) is 2. The zero-order valence-corrected chi connectivity index (χ0v) is 14.6. The third-order valence-corrected chi connectivity index (χ3v) is 4.32. The minimum absolute atomic E-state index is 0.0892. The Hall–Kier alpha value is -2.80. The summed E-state index contributed by atoms with van der Waals surface area (Å²) in [6, 6.07) is 10.9. The first-order valence-electron chi connectivity index (χ1n) is 7.98. The lowest BCUT2D eigenvalue weighted by Gasteiger charge is -2.21. The van der Waals surface area contributed by atoms with Gasteiger partial charge in [-0.25, -0.2) is 0 Å². The number of nitrogens with one attached hydrogen (secondary N) is 2. The molecule has 0 radical (unpaired) electrons. The minimum Gasteiger partial charge on any atom is -0.345 e. The third-order valence-electron chi connectivity index (χ3n) is 4.07. The zero-order valence-electron chi connectivity index (χ0n) is 13.8. The normalized spacial score (nSPS) is 12.7. The van der Waals surface area contributed by atoms with Crippen LogP contribution in [0, 0.1) is 0 Å². The Bertz CT molecular complexity index is 1030. The Balaban J connectivity index is 1.96. The van der Waals surface area contributed by atoms with E-state index in [1.165, 1.54) is 36.5 Å². The van der Waals surface area contributed by atoms with Crippen molar-refractivity contribution in [2.45, 2.75) is 18.6 Å². The van der Waals surface area contributed by atoms with Gasteiger partial charge in [-0.2, -0.15) is 13.2 Å². The molecule has 0 unspecified atom stereocenters. The summed E-state index contributed by atoms with van der Waals surface area (Å²) < 4.78 is 39.0. The van der Waals surface area contributed by atoms with E-state index < -0.39 is 24.5 Å². The van der Waals surface area contributed by atoms with Gasteiger partial charge in [0.05, 0.1) is 18.0 Å². The van der Waals surface area contributed by atoms with Crippen LogP contribution in [0.2, 0.25) is 5.02 Å². The first-order valence-corrected chi connectivity index (χ1v) is 8.36. The zero-order chi connectivity index (χ0) is 19.6. The fraction of sp³-hybridized carbons (Fsp3) is 0.158. The van der Waals surface area contributed by atoms with Crippen molar-refractivity contribution < 1.29 is 18.0 Å².